The minimum Gasteiger partial charge on any atom is -0.324 e. The lowest BCUT2D eigenvalue weighted by atomic mass is 10.1. The van der Waals surface area contributed by atoms with Crippen molar-refractivity contribution in [3.05, 3.63) is 51.5 Å². The molecule has 0 aliphatic heterocycles. The maximum atomic E-state index is 13.1. The van der Waals surface area contributed by atoms with Crippen LogP contribution in [0.4, 0.5) is 5.69 Å². The second-order valence-corrected chi connectivity index (χ2v) is 8.49. The Kier molecular flexibility index (Phi) is 5.30. The molecule has 0 atom stereocenters. The molecule has 1 aromatic carbocycles. The number of nitrogens with one attached hydrogen (secondary N) is 1. The third kappa shape index (κ3) is 3.94. The molecule has 148 valence electrons. The van der Waals surface area contributed by atoms with Gasteiger partial charge in [0, 0.05) is 16.1 Å². The number of aromatic nitrogens is 4. The molecule has 0 radical (unpaired) electrons. The van der Waals surface area contributed by atoms with E-state index in [4.69, 9.17) is 11.6 Å². The highest BCUT2D eigenvalue weighted by Gasteiger charge is 2.24. The van der Waals surface area contributed by atoms with Gasteiger partial charge in [0.1, 0.15) is 12.1 Å². The Balaban J connectivity index is 2.04. The third-order valence-corrected chi connectivity index (χ3v) is 4.53. The highest BCUT2D eigenvalue weighted by molar-refractivity contribution is 6.30. The summed E-state index contributed by atoms with van der Waals surface area (Å²) in [5.41, 5.74) is 1.04. The minimum atomic E-state index is -0.378. The summed E-state index contributed by atoms with van der Waals surface area (Å²) in [6, 6.07) is 6.84. The van der Waals surface area contributed by atoms with Crippen LogP contribution in [0.15, 0.2) is 35.3 Å². The van der Waals surface area contributed by atoms with Gasteiger partial charge in [-0.3, -0.25) is 14.3 Å². The number of benzene rings is 1. The van der Waals surface area contributed by atoms with Crippen molar-refractivity contribution in [2.75, 3.05) is 5.32 Å². The van der Waals surface area contributed by atoms with Gasteiger partial charge >= 0.3 is 0 Å². The zero-order valence-corrected chi connectivity index (χ0v) is 17.4. The molecular weight excluding hydrogens is 378 g/mol. The number of amides is 1. The molecular formula is C20H24ClN5O2. The van der Waals surface area contributed by atoms with Crippen LogP contribution >= 0.6 is 11.6 Å². The molecule has 0 saturated heterocycles. The molecule has 0 spiro atoms. The average molecular weight is 402 g/mol. The van der Waals surface area contributed by atoms with Crippen LogP contribution < -0.4 is 10.9 Å². The van der Waals surface area contributed by atoms with Crippen LogP contribution in [0.25, 0.3) is 10.9 Å². The van der Waals surface area contributed by atoms with Crippen LogP contribution in [0.2, 0.25) is 5.02 Å². The van der Waals surface area contributed by atoms with Gasteiger partial charge in [-0.25, -0.2) is 4.68 Å². The molecule has 0 fully saturated rings. The Bertz CT molecular complexity index is 1090. The molecule has 0 aliphatic carbocycles. The standard InChI is InChI=1S/C20H24ClN5O2/c1-12(2)17-15-10-22-26(20(3,4)5)18(15)19(28)25(24-17)11-16(27)23-14-8-6-7-13(21)9-14/h6-10,12H,11H2,1-5H3,(H,23,27). The van der Waals surface area contributed by atoms with E-state index in [9.17, 15) is 9.59 Å². The average Bonchev–Trinajstić information content (AvgIpc) is 3.02. The Morgan fingerprint density at radius 3 is 2.61 bits per heavy atom. The van der Waals surface area contributed by atoms with Crippen LogP contribution in [0, 0.1) is 0 Å². The van der Waals surface area contributed by atoms with Crippen molar-refractivity contribution in [3.63, 3.8) is 0 Å². The summed E-state index contributed by atoms with van der Waals surface area (Å²) in [6.45, 7) is 9.73. The summed E-state index contributed by atoms with van der Waals surface area (Å²) in [5, 5.41) is 12.9. The second kappa shape index (κ2) is 7.39. The Hall–Kier alpha value is -2.67. The van der Waals surface area contributed by atoms with E-state index < -0.39 is 0 Å². The molecule has 1 amide bonds. The van der Waals surface area contributed by atoms with Gasteiger partial charge in [-0.1, -0.05) is 31.5 Å². The molecule has 0 aliphatic rings. The third-order valence-electron chi connectivity index (χ3n) is 4.29. The first-order chi connectivity index (χ1) is 13.1. The maximum absolute atomic E-state index is 13.1. The van der Waals surface area contributed by atoms with Gasteiger partial charge in [0.15, 0.2) is 0 Å². The van der Waals surface area contributed by atoms with Crippen molar-refractivity contribution in [1.82, 2.24) is 19.6 Å². The number of carbonyl (C=O) groups is 1. The molecule has 1 N–H and O–H groups in total. The largest absolute Gasteiger partial charge is 0.324 e. The van der Waals surface area contributed by atoms with Gasteiger partial charge in [0.2, 0.25) is 5.91 Å². The van der Waals surface area contributed by atoms with Gasteiger partial charge in [0.05, 0.1) is 17.4 Å². The van der Waals surface area contributed by atoms with E-state index in [1.807, 2.05) is 34.6 Å². The quantitative estimate of drug-likeness (QED) is 0.721. The van der Waals surface area contributed by atoms with E-state index in [-0.39, 0.29) is 29.5 Å². The van der Waals surface area contributed by atoms with Gasteiger partial charge in [-0.05, 0) is 44.9 Å². The van der Waals surface area contributed by atoms with Crippen LogP contribution in [0.5, 0.6) is 0 Å². The lowest BCUT2D eigenvalue weighted by Gasteiger charge is -2.21. The first-order valence-corrected chi connectivity index (χ1v) is 9.50. The highest BCUT2D eigenvalue weighted by atomic mass is 35.5. The van der Waals surface area contributed by atoms with Gasteiger partial charge < -0.3 is 5.32 Å². The Labute approximate surface area is 168 Å². The first kappa shape index (κ1) is 20.1. The summed E-state index contributed by atoms with van der Waals surface area (Å²) < 4.78 is 2.91. The molecule has 0 unspecified atom stereocenters. The number of anilines is 1. The summed E-state index contributed by atoms with van der Waals surface area (Å²) in [7, 11) is 0. The fourth-order valence-corrected chi connectivity index (χ4v) is 3.23. The van der Waals surface area contributed by atoms with Crippen LogP contribution in [-0.2, 0) is 16.9 Å². The molecule has 2 aromatic heterocycles. The second-order valence-electron chi connectivity index (χ2n) is 8.05. The van der Waals surface area contributed by atoms with Gasteiger partial charge in [-0.2, -0.15) is 10.2 Å². The lowest BCUT2D eigenvalue weighted by Crippen LogP contribution is -2.34. The first-order valence-electron chi connectivity index (χ1n) is 9.12. The molecule has 0 bridgehead atoms. The SMILES string of the molecule is CC(C)c1nn(CC(=O)Nc2cccc(Cl)c2)c(=O)c2c1cnn2C(C)(C)C. The van der Waals surface area contributed by atoms with E-state index in [2.05, 4.69) is 15.5 Å². The zero-order chi connectivity index (χ0) is 20.6. The number of fused-ring (bicyclic) bond motifs is 1. The Morgan fingerprint density at radius 2 is 2.00 bits per heavy atom. The van der Waals surface area contributed by atoms with Crippen molar-refractivity contribution in [1.29, 1.82) is 0 Å². The van der Waals surface area contributed by atoms with Crippen LogP contribution in [-0.4, -0.2) is 25.5 Å². The molecule has 0 saturated carbocycles. The van der Waals surface area contributed by atoms with Crippen molar-refractivity contribution in [3.8, 4) is 0 Å². The number of halogens is 1. The van der Waals surface area contributed by atoms with E-state index in [0.29, 0.717) is 16.2 Å². The van der Waals surface area contributed by atoms with Crippen LogP contribution in [0.1, 0.15) is 46.2 Å². The normalized spacial score (nSPS) is 12.0. The molecule has 3 aromatic rings. The predicted molar refractivity (Wildman–Crippen MR) is 111 cm³/mol. The number of hydrogen-bond acceptors (Lipinski definition) is 4. The fourth-order valence-electron chi connectivity index (χ4n) is 3.04. The van der Waals surface area contributed by atoms with Gasteiger partial charge in [-0.15, -0.1) is 0 Å². The number of rotatable bonds is 4. The topological polar surface area (TPSA) is 81.8 Å². The summed E-state index contributed by atoms with van der Waals surface area (Å²) >= 11 is 5.95. The van der Waals surface area contributed by atoms with Crippen molar-refractivity contribution in [2.45, 2.75) is 52.6 Å². The lowest BCUT2D eigenvalue weighted by molar-refractivity contribution is -0.117. The monoisotopic (exact) mass is 401 g/mol. The smallest absolute Gasteiger partial charge is 0.293 e. The number of hydrogen-bond donors (Lipinski definition) is 1. The summed E-state index contributed by atoms with van der Waals surface area (Å²) in [4.78, 5) is 25.6. The molecule has 3 rings (SSSR count). The Morgan fingerprint density at radius 1 is 1.29 bits per heavy atom. The number of carbonyl (C=O) groups excluding carboxylic acids is 1. The zero-order valence-electron chi connectivity index (χ0n) is 16.7. The van der Waals surface area contributed by atoms with Crippen molar-refractivity contribution in [2.24, 2.45) is 0 Å². The van der Waals surface area contributed by atoms with Crippen molar-refractivity contribution < 1.29 is 4.79 Å². The minimum absolute atomic E-state index is 0.0722. The molecule has 7 nitrogen and oxygen atoms in total. The van der Waals surface area contributed by atoms with E-state index >= 15 is 0 Å². The number of nitrogens with zero attached hydrogens (tertiary/aromatic N) is 4. The van der Waals surface area contributed by atoms with Crippen molar-refractivity contribution >= 4 is 34.1 Å². The molecule has 2 heterocycles. The van der Waals surface area contributed by atoms with E-state index in [1.165, 1.54) is 4.68 Å². The van der Waals surface area contributed by atoms with Crippen LogP contribution in [0.3, 0.4) is 0 Å². The summed E-state index contributed by atoms with van der Waals surface area (Å²) in [6.07, 6.45) is 1.68. The maximum Gasteiger partial charge on any atom is 0.293 e. The predicted octanol–water partition coefficient (Wildman–Crippen LogP) is 3.76. The van der Waals surface area contributed by atoms with E-state index in [0.717, 1.165) is 11.1 Å². The molecule has 28 heavy (non-hydrogen) atoms. The molecule has 8 heteroatoms. The summed E-state index contributed by atoms with van der Waals surface area (Å²) in [5.74, 6) is -0.282. The van der Waals surface area contributed by atoms with Gasteiger partial charge in [0.25, 0.3) is 5.56 Å². The van der Waals surface area contributed by atoms with E-state index in [1.54, 1.807) is 35.1 Å². The fraction of sp³-hybridized carbons (Fsp3) is 0.400. The highest BCUT2D eigenvalue weighted by Crippen LogP contribution is 2.24.